The maximum Gasteiger partial charge on any atom is 0.343 e. The maximum atomic E-state index is 12.6. The average Bonchev–Trinajstić information content (AvgIpc) is 3.00. The number of esters is 1. The van der Waals surface area contributed by atoms with Crippen molar-refractivity contribution in [3.63, 3.8) is 0 Å². The van der Waals surface area contributed by atoms with Gasteiger partial charge in [-0.25, -0.2) is 4.79 Å². The highest BCUT2D eigenvalue weighted by Crippen LogP contribution is 2.34. The fourth-order valence-electron chi connectivity index (χ4n) is 5.80. The highest BCUT2D eigenvalue weighted by molar-refractivity contribution is 5.91. The van der Waals surface area contributed by atoms with Crippen LogP contribution in [0.1, 0.15) is 126 Å². The molecule has 0 heterocycles. The van der Waals surface area contributed by atoms with Crippen LogP contribution in [0.25, 0.3) is 0 Å². The molecule has 1 saturated carbocycles. The average molecular weight is 563 g/mol. The van der Waals surface area contributed by atoms with Gasteiger partial charge in [-0.1, -0.05) is 90.0 Å². The lowest BCUT2D eigenvalue weighted by Gasteiger charge is -2.28. The van der Waals surface area contributed by atoms with E-state index in [-0.39, 0.29) is 5.97 Å². The Kier molecular flexibility index (Phi) is 16.1. The van der Waals surface area contributed by atoms with Crippen LogP contribution in [0.3, 0.4) is 0 Å². The maximum absolute atomic E-state index is 12.6. The lowest BCUT2D eigenvalue weighted by atomic mass is 9.78. The topological polar surface area (TPSA) is 44.8 Å². The summed E-state index contributed by atoms with van der Waals surface area (Å²) in [6.07, 6.45) is 24.1. The van der Waals surface area contributed by atoms with Crippen LogP contribution in [0, 0.1) is 11.8 Å². The van der Waals surface area contributed by atoms with E-state index in [4.69, 9.17) is 14.2 Å². The standard InChI is InChI=1S/C37H54O4/c1-3-5-7-9-11-13-29-39-34-23-21-33(22-24-34)37(38)41-36-27-25-35(26-28-36)40-30-14-16-32-19-17-31(18-20-32)15-12-10-8-6-4-2/h3,21-28,31-32H,1,4-20,29-30H2,2H3/t31-,32-. The smallest absolute Gasteiger partial charge is 0.343 e. The predicted molar refractivity (Wildman–Crippen MR) is 170 cm³/mol. The first-order chi connectivity index (χ1) is 20.2. The third kappa shape index (κ3) is 13.6. The Morgan fingerprint density at radius 2 is 1.20 bits per heavy atom. The van der Waals surface area contributed by atoms with Gasteiger partial charge in [-0.2, -0.15) is 0 Å². The van der Waals surface area contributed by atoms with Crippen molar-refractivity contribution in [3.8, 4) is 17.2 Å². The van der Waals surface area contributed by atoms with Crippen molar-refractivity contribution in [1.29, 1.82) is 0 Å². The molecule has 3 rings (SSSR count). The molecule has 41 heavy (non-hydrogen) atoms. The third-order valence-corrected chi connectivity index (χ3v) is 8.40. The monoisotopic (exact) mass is 562 g/mol. The first-order valence-electron chi connectivity index (χ1n) is 16.5. The molecule has 2 aromatic rings. The summed E-state index contributed by atoms with van der Waals surface area (Å²) in [6, 6.07) is 14.5. The molecule has 0 bridgehead atoms. The largest absolute Gasteiger partial charge is 0.494 e. The fraction of sp³-hybridized carbons (Fsp3) is 0.595. The minimum atomic E-state index is -0.376. The van der Waals surface area contributed by atoms with Gasteiger partial charge in [0.1, 0.15) is 17.2 Å². The number of rotatable bonds is 21. The van der Waals surface area contributed by atoms with Gasteiger partial charge in [0.2, 0.25) is 0 Å². The highest BCUT2D eigenvalue weighted by Gasteiger charge is 2.20. The van der Waals surface area contributed by atoms with Gasteiger partial charge in [-0.3, -0.25) is 0 Å². The van der Waals surface area contributed by atoms with Crippen LogP contribution < -0.4 is 14.2 Å². The fourth-order valence-corrected chi connectivity index (χ4v) is 5.80. The second kappa shape index (κ2) is 20.2. The van der Waals surface area contributed by atoms with Crippen molar-refractivity contribution in [2.45, 2.75) is 116 Å². The summed E-state index contributed by atoms with van der Waals surface area (Å²) in [5, 5.41) is 0. The van der Waals surface area contributed by atoms with Gasteiger partial charge < -0.3 is 14.2 Å². The summed E-state index contributed by atoms with van der Waals surface area (Å²) in [6.45, 7) is 7.46. The molecule has 2 aromatic carbocycles. The number of hydrogen-bond acceptors (Lipinski definition) is 4. The third-order valence-electron chi connectivity index (χ3n) is 8.40. The molecule has 226 valence electrons. The number of allylic oxidation sites excluding steroid dienone is 1. The van der Waals surface area contributed by atoms with Gasteiger partial charge >= 0.3 is 5.97 Å². The normalized spacial score (nSPS) is 16.7. The molecule has 0 saturated heterocycles. The Bertz CT molecular complexity index is 957. The lowest BCUT2D eigenvalue weighted by Crippen LogP contribution is -2.15. The summed E-state index contributed by atoms with van der Waals surface area (Å²) < 4.78 is 17.3. The molecule has 0 amide bonds. The quantitative estimate of drug-likeness (QED) is 0.0657. The second-order valence-corrected chi connectivity index (χ2v) is 11.8. The molecule has 0 radical (unpaired) electrons. The molecule has 1 aliphatic rings. The van der Waals surface area contributed by atoms with Crippen molar-refractivity contribution in [1.82, 2.24) is 0 Å². The van der Waals surface area contributed by atoms with Gasteiger partial charge in [0.15, 0.2) is 0 Å². The molecule has 1 aliphatic carbocycles. The Labute approximate surface area is 249 Å². The summed E-state index contributed by atoms with van der Waals surface area (Å²) in [7, 11) is 0. The van der Waals surface area contributed by atoms with Crippen molar-refractivity contribution < 1.29 is 19.0 Å². The van der Waals surface area contributed by atoms with Gasteiger partial charge in [-0.15, -0.1) is 6.58 Å². The Hall–Kier alpha value is -2.75. The van der Waals surface area contributed by atoms with Crippen LogP contribution in [0.15, 0.2) is 61.2 Å². The van der Waals surface area contributed by atoms with E-state index < -0.39 is 0 Å². The highest BCUT2D eigenvalue weighted by atomic mass is 16.5. The molecule has 0 N–H and O–H groups in total. The van der Waals surface area contributed by atoms with Crippen molar-refractivity contribution >= 4 is 5.97 Å². The SMILES string of the molecule is C=CCCCCCCOc1ccc(C(=O)Oc2ccc(OCCC[C@H]3CC[C@H](CCCCCCC)CC3)cc2)cc1. The number of carbonyl (C=O) groups is 1. The van der Waals surface area contributed by atoms with Crippen LogP contribution in [-0.4, -0.2) is 19.2 Å². The minimum absolute atomic E-state index is 0.376. The zero-order valence-corrected chi connectivity index (χ0v) is 25.6. The van der Waals surface area contributed by atoms with Crippen LogP contribution in [0.5, 0.6) is 17.2 Å². The number of hydrogen-bond donors (Lipinski definition) is 0. The van der Waals surface area contributed by atoms with Crippen molar-refractivity contribution in [2.75, 3.05) is 13.2 Å². The van der Waals surface area contributed by atoms with E-state index >= 15 is 0 Å². The Morgan fingerprint density at radius 3 is 1.83 bits per heavy atom. The molecule has 0 aromatic heterocycles. The molecule has 1 fully saturated rings. The Balaban J connectivity index is 1.25. The van der Waals surface area contributed by atoms with Gasteiger partial charge in [0.05, 0.1) is 18.8 Å². The van der Waals surface area contributed by atoms with E-state index in [0.29, 0.717) is 17.9 Å². The molecular weight excluding hydrogens is 508 g/mol. The molecule has 4 nitrogen and oxygen atoms in total. The molecule has 0 unspecified atom stereocenters. The number of ether oxygens (including phenoxy) is 3. The van der Waals surface area contributed by atoms with Crippen molar-refractivity contribution in [3.05, 3.63) is 66.7 Å². The van der Waals surface area contributed by atoms with Gasteiger partial charge in [0.25, 0.3) is 0 Å². The minimum Gasteiger partial charge on any atom is -0.494 e. The van der Waals surface area contributed by atoms with Crippen LogP contribution >= 0.6 is 0 Å². The van der Waals surface area contributed by atoms with E-state index in [1.54, 1.807) is 24.3 Å². The summed E-state index contributed by atoms with van der Waals surface area (Å²) in [4.78, 5) is 12.6. The van der Waals surface area contributed by atoms with E-state index in [1.807, 2.05) is 30.3 Å². The molecule has 4 heteroatoms. The number of benzene rings is 2. The lowest BCUT2D eigenvalue weighted by molar-refractivity contribution is 0.0734. The first kappa shape index (κ1) is 32.8. The van der Waals surface area contributed by atoms with Crippen LogP contribution in [-0.2, 0) is 0 Å². The zero-order valence-electron chi connectivity index (χ0n) is 25.6. The first-order valence-corrected chi connectivity index (χ1v) is 16.5. The zero-order chi connectivity index (χ0) is 29.0. The summed E-state index contributed by atoms with van der Waals surface area (Å²) >= 11 is 0. The Morgan fingerprint density at radius 1 is 0.683 bits per heavy atom. The summed E-state index contributed by atoms with van der Waals surface area (Å²) in [5.74, 6) is 3.58. The van der Waals surface area contributed by atoms with E-state index in [2.05, 4.69) is 13.5 Å². The van der Waals surface area contributed by atoms with E-state index in [0.717, 1.165) is 55.6 Å². The predicted octanol–water partition coefficient (Wildman–Crippen LogP) is 10.7. The van der Waals surface area contributed by atoms with Gasteiger partial charge in [0, 0.05) is 0 Å². The summed E-state index contributed by atoms with van der Waals surface area (Å²) in [5.41, 5.74) is 0.503. The van der Waals surface area contributed by atoms with E-state index in [1.165, 1.54) is 83.5 Å². The van der Waals surface area contributed by atoms with E-state index in [9.17, 15) is 4.79 Å². The molecule has 0 spiro atoms. The molecular formula is C37H54O4. The van der Waals surface area contributed by atoms with Crippen molar-refractivity contribution in [2.24, 2.45) is 11.8 Å². The number of carbonyl (C=O) groups excluding carboxylic acids is 1. The van der Waals surface area contributed by atoms with Crippen LogP contribution in [0.4, 0.5) is 0 Å². The molecule has 0 atom stereocenters. The number of unbranched alkanes of at least 4 members (excludes halogenated alkanes) is 8. The molecule has 0 aliphatic heterocycles. The van der Waals surface area contributed by atoms with Crippen LogP contribution in [0.2, 0.25) is 0 Å². The van der Waals surface area contributed by atoms with Gasteiger partial charge in [-0.05, 0) is 92.5 Å². The second-order valence-electron chi connectivity index (χ2n) is 11.8.